The normalized spacial score (nSPS) is 11.1. The Morgan fingerprint density at radius 1 is 1.38 bits per heavy atom. The van der Waals surface area contributed by atoms with Gasteiger partial charge in [-0.1, -0.05) is 17.7 Å². The summed E-state index contributed by atoms with van der Waals surface area (Å²) in [6.45, 7) is 0. The molecule has 0 atom stereocenters. The monoisotopic (exact) mass is 235 g/mol. The van der Waals surface area contributed by atoms with Crippen LogP contribution in [0.2, 0.25) is 5.02 Å². The highest BCUT2D eigenvalue weighted by molar-refractivity contribution is 6.31. The molecular formula is C10H6ClN3O2. The molecule has 0 fully saturated rings. The Hall–Kier alpha value is -2.01. The van der Waals surface area contributed by atoms with Crippen LogP contribution in [0.25, 0.3) is 22.4 Å². The third kappa shape index (κ3) is 1.33. The van der Waals surface area contributed by atoms with Gasteiger partial charge in [-0.3, -0.25) is 0 Å². The van der Waals surface area contributed by atoms with E-state index < -0.39 is 5.76 Å². The minimum Gasteiger partial charge on any atom is -0.388 e. The summed E-state index contributed by atoms with van der Waals surface area (Å²) in [7, 11) is 0. The van der Waals surface area contributed by atoms with Crippen LogP contribution in [0.15, 0.2) is 33.6 Å². The first-order valence-electron chi connectivity index (χ1n) is 4.56. The van der Waals surface area contributed by atoms with Gasteiger partial charge in [0.05, 0.1) is 5.56 Å². The van der Waals surface area contributed by atoms with E-state index in [1.807, 2.05) is 6.07 Å². The van der Waals surface area contributed by atoms with E-state index in [9.17, 15) is 4.79 Å². The molecule has 2 N–H and O–H groups in total. The number of nitrogens with one attached hydrogen (secondary N) is 2. The summed E-state index contributed by atoms with van der Waals surface area (Å²) in [5.41, 5.74) is 1.60. The number of fused-ring (bicyclic) bond motifs is 1. The minimum atomic E-state index is -0.571. The summed E-state index contributed by atoms with van der Waals surface area (Å²) in [5, 5.41) is 7.54. The van der Waals surface area contributed by atoms with Gasteiger partial charge in [-0.05, 0) is 12.1 Å². The predicted octanol–water partition coefficient (Wildman–Crippen LogP) is 2.16. The summed E-state index contributed by atoms with van der Waals surface area (Å²) in [5.74, 6) is -0.308. The van der Waals surface area contributed by atoms with Crippen LogP contribution in [0.5, 0.6) is 0 Å². The van der Waals surface area contributed by atoms with Crippen molar-refractivity contribution >= 4 is 22.5 Å². The van der Waals surface area contributed by atoms with Gasteiger partial charge in [0, 0.05) is 22.1 Å². The molecule has 0 aliphatic heterocycles. The van der Waals surface area contributed by atoms with Gasteiger partial charge >= 0.3 is 5.76 Å². The molecule has 0 bridgehead atoms. The maximum atomic E-state index is 10.9. The van der Waals surface area contributed by atoms with E-state index in [4.69, 9.17) is 16.0 Å². The fourth-order valence-electron chi connectivity index (χ4n) is 1.62. The Morgan fingerprint density at radius 2 is 2.25 bits per heavy atom. The number of aromatic nitrogens is 3. The molecule has 3 aromatic rings. The second-order valence-corrected chi connectivity index (χ2v) is 3.75. The van der Waals surface area contributed by atoms with Crippen molar-refractivity contribution in [2.24, 2.45) is 0 Å². The second-order valence-electron chi connectivity index (χ2n) is 3.31. The number of halogens is 1. The van der Waals surface area contributed by atoms with E-state index in [2.05, 4.69) is 15.2 Å². The van der Waals surface area contributed by atoms with Crippen molar-refractivity contribution in [3.8, 4) is 11.5 Å². The van der Waals surface area contributed by atoms with Crippen LogP contribution in [0.1, 0.15) is 0 Å². The molecule has 3 rings (SSSR count). The van der Waals surface area contributed by atoms with E-state index in [-0.39, 0.29) is 5.89 Å². The first-order valence-corrected chi connectivity index (χ1v) is 4.94. The molecule has 0 aliphatic rings. The smallest absolute Gasteiger partial charge is 0.388 e. The van der Waals surface area contributed by atoms with Gasteiger partial charge in [-0.2, -0.15) is 0 Å². The lowest BCUT2D eigenvalue weighted by atomic mass is 10.2. The summed E-state index contributed by atoms with van der Waals surface area (Å²) >= 11 is 5.86. The van der Waals surface area contributed by atoms with Crippen LogP contribution in [0.4, 0.5) is 0 Å². The molecule has 0 radical (unpaired) electrons. The lowest BCUT2D eigenvalue weighted by molar-refractivity contribution is 0.527. The average molecular weight is 236 g/mol. The van der Waals surface area contributed by atoms with Gasteiger partial charge < -0.3 is 9.40 Å². The molecule has 2 aromatic heterocycles. The van der Waals surface area contributed by atoms with Crippen molar-refractivity contribution in [2.75, 3.05) is 0 Å². The van der Waals surface area contributed by atoms with Gasteiger partial charge in [-0.25, -0.2) is 9.89 Å². The van der Waals surface area contributed by atoms with E-state index in [1.165, 1.54) is 0 Å². The topological polar surface area (TPSA) is 74.7 Å². The number of hydrogen-bond donors (Lipinski definition) is 2. The second kappa shape index (κ2) is 3.24. The number of aromatic amines is 2. The fourth-order valence-corrected chi connectivity index (χ4v) is 1.79. The maximum absolute atomic E-state index is 10.9. The van der Waals surface area contributed by atoms with Gasteiger partial charge in [0.2, 0.25) is 0 Å². The molecule has 5 nitrogen and oxygen atoms in total. The zero-order chi connectivity index (χ0) is 11.1. The summed E-state index contributed by atoms with van der Waals surface area (Å²) in [4.78, 5) is 13.9. The molecule has 16 heavy (non-hydrogen) atoms. The van der Waals surface area contributed by atoms with E-state index in [0.717, 1.165) is 16.5 Å². The van der Waals surface area contributed by atoms with Crippen molar-refractivity contribution < 1.29 is 4.42 Å². The average Bonchev–Trinajstić information content (AvgIpc) is 2.83. The Bertz CT molecular complexity index is 710. The number of benzene rings is 1. The first-order chi connectivity index (χ1) is 7.74. The predicted molar refractivity (Wildman–Crippen MR) is 59.4 cm³/mol. The van der Waals surface area contributed by atoms with Gasteiger partial charge in [0.25, 0.3) is 5.89 Å². The highest BCUT2D eigenvalue weighted by atomic mass is 35.5. The van der Waals surface area contributed by atoms with Crippen molar-refractivity contribution in [3.63, 3.8) is 0 Å². The SMILES string of the molecule is O=c1[nH]nc(-c2c[nH]c3cc(Cl)ccc23)o1. The molecule has 1 aromatic carbocycles. The zero-order valence-electron chi connectivity index (χ0n) is 7.95. The molecule has 6 heteroatoms. The summed E-state index contributed by atoms with van der Waals surface area (Å²) < 4.78 is 4.89. The number of nitrogens with zero attached hydrogens (tertiary/aromatic N) is 1. The van der Waals surface area contributed by atoms with Crippen LogP contribution in [0.3, 0.4) is 0 Å². The van der Waals surface area contributed by atoms with E-state index in [0.29, 0.717) is 5.02 Å². The molecule has 2 heterocycles. The molecule has 0 aliphatic carbocycles. The van der Waals surface area contributed by atoms with Crippen LogP contribution >= 0.6 is 11.6 Å². The lowest BCUT2D eigenvalue weighted by Gasteiger charge is -1.93. The van der Waals surface area contributed by atoms with Crippen molar-refractivity contribution in [1.82, 2.24) is 15.2 Å². The summed E-state index contributed by atoms with van der Waals surface area (Å²) in [6, 6.07) is 5.41. The zero-order valence-corrected chi connectivity index (χ0v) is 8.71. The van der Waals surface area contributed by atoms with Crippen LogP contribution in [-0.2, 0) is 0 Å². The third-order valence-corrected chi connectivity index (χ3v) is 2.55. The maximum Gasteiger partial charge on any atom is 0.434 e. The van der Waals surface area contributed by atoms with Crippen LogP contribution in [0, 0.1) is 0 Å². The number of hydrogen-bond acceptors (Lipinski definition) is 3. The molecule has 0 amide bonds. The molecular weight excluding hydrogens is 230 g/mol. The third-order valence-electron chi connectivity index (χ3n) is 2.31. The quantitative estimate of drug-likeness (QED) is 0.679. The van der Waals surface area contributed by atoms with Gasteiger partial charge in [0.1, 0.15) is 0 Å². The Balaban J connectivity index is 2.29. The van der Waals surface area contributed by atoms with Crippen molar-refractivity contribution in [2.45, 2.75) is 0 Å². The Labute approximate surface area is 94.0 Å². The minimum absolute atomic E-state index is 0.263. The first kappa shape index (κ1) is 9.23. The number of H-pyrrole nitrogens is 2. The van der Waals surface area contributed by atoms with Crippen molar-refractivity contribution in [3.05, 3.63) is 40.0 Å². The molecule has 0 spiro atoms. The number of rotatable bonds is 1. The largest absolute Gasteiger partial charge is 0.434 e. The highest BCUT2D eigenvalue weighted by Crippen LogP contribution is 2.28. The van der Waals surface area contributed by atoms with Gasteiger partial charge in [-0.15, -0.1) is 5.10 Å². The molecule has 0 saturated heterocycles. The Morgan fingerprint density at radius 3 is 3.00 bits per heavy atom. The van der Waals surface area contributed by atoms with Gasteiger partial charge in [0.15, 0.2) is 0 Å². The lowest BCUT2D eigenvalue weighted by Crippen LogP contribution is -1.93. The van der Waals surface area contributed by atoms with Crippen LogP contribution < -0.4 is 5.76 Å². The highest BCUT2D eigenvalue weighted by Gasteiger charge is 2.11. The fraction of sp³-hybridized carbons (Fsp3) is 0. The van der Waals surface area contributed by atoms with Crippen molar-refractivity contribution in [1.29, 1.82) is 0 Å². The molecule has 0 unspecified atom stereocenters. The van der Waals surface area contributed by atoms with E-state index in [1.54, 1.807) is 18.3 Å². The van der Waals surface area contributed by atoms with Crippen LogP contribution in [-0.4, -0.2) is 15.2 Å². The molecule has 0 saturated carbocycles. The standard InChI is InChI=1S/C10H6ClN3O2/c11-5-1-2-6-7(4-12-8(6)3-5)9-13-14-10(15)16-9/h1-4,12H,(H,14,15). The molecule has 80 valence electrons. The Kier molecular flexibility index (Phi) is 1.87. The van der Waals surface area contributed by atoms with E-state index >= 15 is 0 Å². The summed E-state index contributed by atoms with van der Waals surface area (Å²) in [6.07, 6.45) is 1.72.